The van der Waals surface area contributed by atoms with Gasteiger partial charge in [-0.25, -0.2) is 0 Å². The Morgan fingerprint density at radius 2 is 1.82 bits per heavy atom. The summed E-state index contributed by atoms with van der Waals surface area (Å²) in [5.41, 5.74) is 0. The molecular weight excluding hydrogens is 234 g/mol. The van der Waals surface area contributed by atoms with E-state index in [-0.39, 0.29) is 6.10 Å². The minimum absolute atomic E-state index is 0.189. The molecule has 1 saturated heterocycles. The van der Waals surface area contributed by atoms with Gasteiger partial charge in [0.1, 0.15) is 0 Å². The van der Waals surface area contributed by atoms with E-state index in [0.29, 0.717) is 12.6 Å². The van der Waals surface area contributed by atoms with Gasteiger partial charge in [-0.05, 0) is 25.2 Å². The van der Waals surface area contributed by atoms with Crippen molar-refractivity contribution < 1.29 is 9.32 Å². The fourth-order valence-electron chi connectivity index (χ4n) is 3.01. The fourth-order valence-corrected chi connectivity index (χ4v) is 4.31. The molecule has 0 aromatic rings. The molecule has 2 N–H and O–H groups in total. The van der Waals surface area contributed by atoms with Crippen LogP contribution in [0.3, 0.4) is 0 Å². The Kier molecular flexibility index (Phi) is 5.45. The Balaban J connectivity index is 1.58. The molecule has 0 bridgehead atoms. The van der Waals surface area contributed by atoms with Crippen LogP contribution in [0.4, 0.5) is 0 Å². The van der Waals surface area contributed by atoms with E-state index in [4.69, 9.17) is 0 Å². The van der Waals surface area contributed by atoms with E-state index in [9.17, 15) is 9.32 Å². The van der Waals surface area contributed by atoms with Crippen molar-refractivity contribution in [2.75, 3.05) is 18.1 Å². The Morgan fingerprint density at radius 3 is 2.47 bits per heavy atom. The minimum atomic E-state index is -0.581. The van der Waals surface area contributed by atoms with Crippen molar-refractivity contribution >= 4 is 10.8 Å². The van der Waals surface area contributed by atoms with Crippen LogP contribution in [0.25, 0.3) is 0 Å². The molecule has 0 spiro atoms. The first-order valence-electron chi connectivity index (χ1n) is 7.00. The third-order valence-corrected chi connectivity index (χ3v) is 5.49. The number of nitrogens with one attached hydrogen (secondary N) is 1. The minimum Gasteiger partial charge on any atom is -0.392 e. The molecule has 100 valence electrons. The maximum absolute atomic E-state index is 11.2. The average Bonchev–Trinajstić information content (AvgIpc) is 2.81. The van der Waals surface area contributed by atoms with E-state index in [1.165, 1.54) is 25.7 Å². The highest BCUT2D eigenvalue weighted by molar-refractivity contribution is 7.85. The molecule has 0 radical (unpaired) electrons. The van der Waals surface area contributed by atoms with Crippen LogP contribution in [0, 0.1) is 5.92 Å². The van der Waals surface area contributed by atoms with E-state index in [1.54, 1.807) is 0 Å². The third kappa shape index (κ3) is 4.68. The average molecular weight is 259 g/mol. The van der Waals surface area contributed by atoms with Gasteiger partial charge in [0.25, 0.3) is 0 Å². The molecular formula is C13H25NO2S. The van der Waals surface area contributed by atoms with Crippen molar-refractivity contribution in [2.45, 2.75) is 57.1 Å². The van der Waals surface area contributed by atoms with Gasteiger partial charge in [0.2, 0.25) is 0 Å². The quantitative estimate of drug-likeness (QED) is 0.785. The van der Waals surface area contributed by atoms with E-state index in [1.807, 2.05) is 0 Å². The molecule has 1 saturated carbocycles. The monoisotopic (exact) mass is 259 g/mol. The zero-order valence-electron chi connectivity index (χ0n) is 10.6. The number of aliphatic hydroxyl groups excluding tert-OH is 1. The molecule has 0 amide bonds. The van der Waals surface area contributed by atoms with Crippen molar-refractivity contribution in [1.82, 2.24) is 5.32 Å². The Morgan fingerprint density at radius 1 is 1.18 bits per heavy atom. The smallest absolute Gasteiger partial charge is 0.0667 e. The molecule has 0 aromatic heterocycles. The first kappa shape index (κ1) is 13.5. The van der Waals surface area contributed by atoms with Gasteiger partial charge in [0, 0.05) is 34.9 Å². The number of hydrogen-bond acceptors (Lipinski definition) is 3. The second-order valence-corrected chi connectivity index (χ2v) is 7.27. The maximum Gasteiger partial charge on any atom is 0.0667 e. The topological polar surface area (TPSA) is 49.3 Å². The molecule has 3 nitrogen and oxygen atoms in total. The highest BCUT2D eigenvalue weighted by Gasteiger charge is 2.21. The van der Waals surface area contributed by atoms with Gasteiger partial charge < -0.3 is 10.4 Å². The van der Waals surface area contributed by atoms with E-state index in [2.05, 4.69) is 5.32 Å². The van der Waals surface area contributed by atoms with Crippen molar-refractivity contribution in [1.29, 1.82) is 0 Å². The Hall–Kier alpha value is 0.0700. The SMILES string of the molecule is O=S1CCC(NCC(O)CC2CCCC2)CC1. The highest BCUT2D eigenvalue weighted by atomic mass is 32.2. The van der Waals surface area contributed by atoms with Crippen molar-refractivity contribution in [3.8, 4) is 0 Å². The zero-order valence-corrected chi connectivity index (χ0v) is 11.4. The van der Waals surface area contributed by atoms with Crippen LogP contribution in [-0.4, -0.2) is 39.5 Å². The summed E-state index contributed by atoms with van der Waals surface area (Å²) < 4.78 is 11.2. The number of rotatable bonds is 5. The molecule has 1 unspecified atom stereocenters. The second-order valence-electron chi connectivity index (χ2n) is 5.57. The van der Waals surface area contributed by atoms with Crippen molar-refractivity contribution in [3.05, 3.63) is 0 Å². The summed E-state index contributed by atoms with van der Waals surface area (Å²) >= 11 is 0. The van der Waals surface area contributed by atoms with Crippen LogP contribution >= 0.6 is 0 Å². The molecule has 17 heavy (non-hydrogen) atoms. The second kappa shape index (κ2) is 6.86. The normalized spacial score (nSPS) is 32.8. The van der Waals surface area contributed by atoms with Crippen LogP contribution < -0.4 is 5.32 Å². The van der Waals surface area contributed by atoms with Gasteiger partial charge in [-0.1, -0.05) is 25.7 Å². The van der Waals surface area contributed by atoms with Crippen LogP contribution in [0.2, 0.25) is 0 Å². The lowest BCUT2D eigenvalue weighted by atomic mass is 10.00. The Bertz CT molecular complexity index is 244. The summed E-state index contributed by atoms with van der Waals surface area (Å²) in [5, 5.41) is 13.4. The maximum atomic E-state index is 11.2. The van der Waals surface area contributed by atoms with Gasteiger partial charge >= 0.3 is 0 Å². The predicted molar refractivity (Wildman–Crippen MR) is 71.5 cm³/mol. The predicted octanol–water partition coefficient (Wildman–Crippen LogP) is 1.43. The molecule has 1 aliphatic heterocycles. The van der Waals surface area contributed by atoms with E-state index >= 15 is 0 Å². The summed E-state index contributed by atoms with van der Waals surface area (Å²) in [7, 11) is -0.581. The molecule has 1 atom stereocenters. The third-order valence-electron chi connectivity index (χ3n) is 4.11. The molecule has 2 aliphatic rings. The molecule has 2 fully saturated rings. The zero-order chi connectivity index (χ0) is 12.1. The fraction of sp³-hybridized carbons (Fsp3) is 1.00. The number of hydrogen-bond donors (Lipinski definition) is 2. The van der Waals surface area contributed by atoms with Gasteiger partial charge in [-0.2, -0.15) is 0 Å². The van der Waals surface area contributed by atoms with Gasteiger partial charge in [0.05, 0.1) is 6.10 Å². The number of aliphatic hydroxyl groups is 1. The van der Waals surface area contributed by atoms with Crippen molar-refractivity contribution in [3.63, 3.8) is 0 Å². The summed E-state index contributed by atoms with van der Waals surface area (Å²) in [4.78, 5) is 0. The van der Waals surface area contributed by atoms with Gasteiger partial charge in [-0.3, -0.25) is 4.21 Å². The lowest BCUT2D eigenvalue weighted by Gasteiger charge is -2.24. The molecule has 0 aromatic carbocycles. The molecule has 4 heteroatoms. The lowest BCUT2D eigenvalue weighted by molar-refractivity contribution is 0.136. The van der Waals surface area contributed by atoms with Gasteiger partial charge in [-0.15, -0.1) is 0 Å². The molecule has 2 rings (SSSR count). The van der Waals surface area contributed by atoms with Crippen LogP contribution in [0.5, 0.6) is 0 Å². The largest absolute Gasteiger partial charge is 0.392 e. The first-order chi connectivity index (χ1) is 8.24. The summed E-state index contributed by atoms with van der Waals surface area (Å²) in [6.45, 7) is 0.716. The molecule has 1 heterocycles. The highest BCUT2D eigenvalue weighted by Crippen LogP contribution is 2.28. The summed E-state index contributed by atoms with van der Waals surface area (Å²) in [6.07, 6.45) is 8.08. The Labute approximate surface area is 107 Å². The van der Waals surface area contributed by atoms with Crippen LogP contribution in [0.15, 0.2) is 0 Å². The van der Waals surface area contributed by atoms with E-state index in [0.717, 1.165) is 36.7 Å². The lowest BCUT2D eigenvalue weighted by Crippen LogP contribution is -2.40. The van der Waals surface area contributed by atoms with Gasteiger partial charge in [0.15, 0.2) is 0 Å². The van der Waals surface area contributed by atoms with Crippen LogP contribution in [-0.2, 0) is 10.8 Å². The standard InChI is InChI=1S/C13H25NO2S/c15-13(9-11-3-1-2-4-11)10-14-12-5-7-17(16)8-6-12/h11-15H,1-10H2. The molecule has 1 aliphatic carbocycles. The summed E-state index contributed by atoms with van der Waals surface area (Å²) in [5.74, 6) is 2.41. The van der Waals surface area contributed by atoms with Crippen molar-refractivity contribution in [2.24, 2.45) is 5.92 Å². The van der Waals surface area contributed by atoms with Crippen LogP contribution in [0.1, 0.15) is 44.9 Å². The first-order valence-corrected chi connectivity index (χ1v) is 8.49. The summed E-state index contributed by atoms with van der Waals surface area (Å²) in [6, 6.07) is 0.478. The van der Waals surface area contributed by atoms with E-state index < -0.39 is 10.8 Å².